The highest BCUT2D eigenvalue weighted by Gasteiger charge is 2.06. The van der Waals surface area contributed by atoms with Gasteiger partial charge in [0.05, 0.1) is 6.42 Å². The maximum Gasteiger partial charge on any atom is 0.306 e. The van der Waals surface area contributed by atoms with Gasteiger partial charge in [-0.3, -0.25) is 9.59 Å². The highest BCUT2D eigenvalue weighted by molar-refractivity contribution is 5.84. The summed E-state index contributed by atoms with van der Waals surface area (Å²) >= 11 is 0. The lowest BCUT2D eigenvalue weighted by Gasteiger charge is -2.01. The average molecular weight is 186 g/mol. The van der Waals surface area contributed by atoms with Crippen molar-refractivity contribution >= 4 is 17.5 Å². The van der Waals surface area contributed by atoms with Crippen LogP contribution in [-0.2, 0) is 19.1 Å². The summed E-state index contributed by atoms with van der Waals surface area (Å²) in [7, 11) is 0. The number of ether oxygens (including phenoxy) is 1. The molecule has 0 rings (SSSR count). The Kier molecular flexibility index (Phi) is 5.76. The van der Waals surface area contributed by atoms with Gasteiger partial charge in [0.25, 0.3) is 0 Å². The Bertz CT molecular complexity index is 208. The summed E-state index contributed by atoms with van der Waals surface area (Å²) in [6.07, 6.45) is 0.603. The van der Waals surface area contributed by atoms with E-state index in [0.29, 0.717) is 6.42 Å². The van der Waals surface area contributed by atoms with E-state index in [-0.39, 0.29) is 31.0 Å². The molecule has 0 radical (unpaired) electrons. The van der Waals surface area contributed by atoms with Crippen LogP contribution in [0.2, 0.25) is 0 Å². The van der Waals surface area contributed by atoms with Crippen LogP contribution in [-0.4, -0.2) is 24.1 Å². The quantitative estimate of drug-likeness (QED) is 0.578. The van der Waals surface area contributed by atoms with Crippen molar-refractivity contribution < 1.29 is 19.1 Å². The molecule has 0 aliphatic rings. The minimum absolute atomic E-state index is 0.0567. The number of rotatable bonds is 6. The lowest BCUT2D eigenvalue weighted by atomic mass is 10.2. The SMILES string of the molecule is CCC(=O)COC(=O)CCC(C)=O. The molecule has 0 aromatic rings. The topological polar surface area (TPSA) is 60.4 Å². The first-order valence-corrected chi connectivity index (χ1v) is 4.23. The summed E-state index contributed by atoms with van der Waals surface area (Å²) < 4.78 is 4.60. The molecule has 74 valence electrons. The molecule has 0 amide bonds. The Morgan fingerprint density at radius 1 is 1.15 bits per heavy atom. The van der Waals surface area contributed by atoms with Crippen LogP contribution in [0.4, 0.5) is 0 Å². The third-order valence-corrected chi connectivity index (χ3v) is 1.47. The first-order chi connectivity index (χ1) is 6.06. The molecule has 0 bridgehead atoms. The van der Waals surface area contributed by atoms with Gasteiger partial charge in [0.1, 0.15) is 12.4 Å². The van der Waals surface area contributed by atoms with Gasteiger partial charge in [0.2, 0.25) is 0 Å². The van der Waals surface area contributed by atoms with Crippen LogP contribution < -0.4 is 0 Å². The molecule has 0 fully saturated rings. The number of carbonyl (C=O) groups is 3. The summed E-state index contributed by atoms with van der Waals surface area (Å²) in [5, 5.41) is 0. The molecule has 0 saturated carbocycles. The molecule has 0 saturated heterocycles. The van der Waals surface area contributed by atoms with Gasteiger partial charge in [-0.1, -0.05) is 6.92 Å². The van der Waals surface area contributed by atoms with Crippen molar-refractivity contribution in [2.75, 3.05) is 6.61 Å². The molecule has 4 nitrogen and oxygen atoms in total. The zero-order chi connectivity index (χ0) is 10.3. The standard InChI is InChI=1S/C9H14O4/c1-3-8(11)6-13-9(12)5-4-7(2)10/h3-6H2,1-2H3. The van der Waals surface area contributed by atoms with Gasteiger partial charge in [-0.05, 0) is 6.92 Å². The second kappa shape index (κ2) is 6.34. The maximum absolute atomic E-state index is 10.8. The molecule has 0 spiro atoms. The number of ketones is 2. The predicted molar refractivity (Wildman–Crippen MR) is 46.2 cm³/mol. The molecule has 0 aromatic heterocycles. The highest BCUT2D eigenvalue weighted by Crippen LogP contribution is 1.94. The van der Waals surface area contributed by atoms with E-state index in [1.807, 2.05) is 0 Å². The third-order valence-electron chi connectivity index (χ3n) is 1.47. The normalized spacial score (nSPS) is 9.38. The molecule has 0 aromatic carbocycles. The molecular formula is C9H14O4. The van der Waals surface area contributed by atoms with Crippen LogP contribution in [0.5, 0.6) is 0 Å². The van der Waals surface area contributed by atoms with E-state index in [2.05, 4.69) is 4.74 Å². The van der Waals surface area contributed by atoms with Crippen molar-refractivity contribution in [2.24, 2.45) is 0 Å². The fourth-order valence-electron chi connectivity index (χ4n) is 0.613. The van der Waals surface area contributed by atoms with E-state index < -0.39 is 5.97 Å². The van der Waals surface area contributed by atoms with E-state index in [9.17, 15) is 14.4 Å². The molecule has 0 unspecified atom stereocenters. The Hall–Kier alpha value is -1.19. The van der Waals surface area contributed by atoms with E-state index >= 15 is 0 Å². The number of hydrogen-bond donors (Lipinski definition) is 0. The average Bonchev–Trinajstić information content (AvgIpc) is 2.10. The zero-order valence-electron chi connectivity index (χ0n) is 7.96. The Balaban J connectivity index is 3.52. The summed E-state index contributed by atoms with van der Waals surface area (Å²) in [5.41, 5.74) is 0. The second-order valence-corrected chi connectivity index (χ2v) is 2.75. The number of esters is 1. The molecular weight excluding hydrogens is 172 g/mol. The minimum Gasteiger partial charge on any atom is -0.458 e. The summed E-state index contributed by atoms with van der Waals surface area (Å²) in [4.78, 5) is 32.0. The van der Waals surface area contributed by atoms with Crippen molar-refractivity contribution in [1.82, 2.24) is 0 Å². The second-order valence-electron chi connectivity index (χ2n) is 2.75. The van der Waals surface area contributed by atoms with E-state index in [0.717, 1.165) is 0 Å². The van der Waals surface area contributed by atoms with Crippen LogP contribution >= 0.6 is 0 Å². The summed E-state index contributed by atoms with van der Waals surface area (Å²) in [5.74, 6) is -0.660. The van der Waals surface area contributed by atoms with E-state index in [1.54, 1.807) is 6.92 Å². The Labute approximate surface area is 77.3 Å². The molecule has 0 N–H and O–H groups in total. The monoisotopic (exact) mass is 186 g/mol. The fraction of sp³-hybridized carbons (Fsp3) is 0.667. The van der Waals surface area contributed by atoms with E-state index in [4.69, 9.17) is 0 Å². The Morgan fingerprint density at radius 3 is 2.23 bits per heavy atom. The molecule has 0 atom stereocenters. The van der Waals surface area contributed by atoms with Crippen molar-refractivity contribution in [1.29, 1.82) is 0 Å². The lowest BCUT2D eigenvalue weighted by Crippen LogP contribution is -2.13. The largest absolute Gasteiger partial charge is 0.458 e. The van der Waals surface area contributed by atoms with Gasteiger partial charge in [0.15, 0.2) is 5.78 Å². The van der Waals surface area contributed by atoms with Crippen molar-refractivity contribution in [3.63, 3.8) is 0 Å². The number of hydrogen-bond acceptors (Lipinski definition) is 4. The van der Waals surface area contributed by atoms with Crippen LogP contribution in [0.15, 0.2) is 0 Å². The van der Waals surface area contributed by atoms with Gasteiger partial charge in [-0.25, -0.2) is 0 Å². The maximum atomic E-state index is 10.8. The summed E-state index contributed by atoms with van der Waals surface area (Å²) in [6.45, 7) is 2.93. The number of carbonyl (C=O) groups excluding carboxylic acids is 3. The molecule has 4 heteroatoms. The van der Waals surface area contributed by atoms with Gasteiger partial charge in [0, 0.05) is 12.8 Å². The highest BCUT2D eigenvalue weighted by atomic mass is 16.5. The molecule has 0 aliphatic carbocycles. The van der Waals surface area contributed by atoms with Gasteiger partial charge in [-0.15, -0.1) is 0 Å². The van der Waals surface area contributed by atoms with Gasteiger partial charge < -0.3 is 9.53 Å². The van der Waals surface area contributed by atoms with Crippen LogP contribution in [0.3, 0.4) is 0 Å². The molecule has 13 heavy (non-hydrogen) atoms. The minimum atomic E-state index is -0.489. The van der Waals surface area contributed by atoms with Crippen molar-refractivity contribution in [3.8, 4) is 0 Å². The molecule has 0 aliphatic heterocycles. The van der Waals surface area contributed by atoms with Crippen molar-refractivity contribution in [3.05, 3.63) is 0 Å². The molecule has 0 heterocycles. The third kappa shape index (κ3) is 7.18. The first kappa shape index (κ1) is 11.8. The van der Waals surface area contributed by atoms with Crippen molar-refractivity contribution in [2.45, 2.75) is 33.1 Å². The predicted octanol–water partition coefficient (Wildman–Crippen LogP) is 0.878. The number of Topliss-reactive ketones (excluding diaryl/α,β-unsaturated/α-hetero) is 2. The fourth-order valence-corrected chi connectivity index (χ4v) is 0.613. The van der Waals surface area contributed by atoms with Crippen LogP contribution in [0.1, 0.15) is 33.1 Å². The first-order valence-electron chi connectivity index (χ1n) is 4.23. The van der Waals surface area contributed by atoms with Crippen LogP contribution in [0.25, 0.3) is 0 Å². The smallest absolute Gasteiger partial charge is 0.306 e. The Morgan fingerprint density at radius 2 is 1.77 bits per heavy atom. The van der Waals surface area contributed by atoms with Gasteiger partial charge in [-0.2, -0.15) is 0 Å². The van der Waals surface area contributed by atoms with Gasteiger partial charge >= 0.3 is 5.97 Å². The zero-order valence-corrected chi connectivity index (χ0v) is 7.96. The van der Waals surface area contributed by atoms with Crippen LogP contribution in [0, 0.1) is 0 Å². The summed E-state index contributed by atoms with van der Waals surface area (Å²) in [6, 6.07) is 0. The van der Waals surface area contributed by atoms with E-state index in [1.165, 1.54) is 6.92 Å². The lowest BCUT2D eigenvalue weighted by molar-refractivity contribution is -0.148.